The molecule has 20 heavy (non-hydrogen) atoms. The summed E-state index contributed by atoms with van der Waals surface area (Å²) in [6.45, 7) is 2.11. The molecule has 0 aliphatic carbocycles. The van der Waals surface area contributed by atoms with Crippen molar-refractivity contribution in [3.8, 4) is 0 Å². The molecule has 0 aromatic heterocycles. The number of non-ortho nitro benzene ring substituents is 1. The van der Waals surface area contributed by atoms with E-state index in [1.165, 1.54) is 18.2 Å². The summed E-state index contributed by atoms with van der Waals surface area (Å²) in [6.07, 6.45) is 0.0606. The number of carbonyl (C=O) groups is 2. The third-order valence-electron chi connectivity index (χ3n) is 2.33. The summed E-state index contributed by atoms with van der Waals surface area (Å²) in [5.74, 6) is -0.857. The van der Waals surface area contributed by atoms with E-state index in [0.29, 0.717) is 3.57 Å². The number of nitrogens with one attached hydrogen (secondary N) is 1. The second-order valence-electron chi connectivity index (χ2n) is 3.73. The number of nitro groups is 1. The number of amides is 1. The topological polar surface area (TPSA) is 98.5 Å². The van der Waals surface area contributed by atoms with Gasteiger partial charge in [-0.25, -0.2) is 0 Å². The number of benzene rings is 1. The average Bonchev–Trinajstić information content (AvgIpc) is 2.39. The van der Waals surface area contributed by atoms with Gasteiger partial charge in [-0.15, -0.1) is 0 Å². The molecule has 0 aliphatic heterocycles. The van der Waals surface area contributed by atoms with Gasteiger partial charge in [-0.3, -0.25) is 19.7 Å². The fourth-order valence-corrected chi connectivity index (χ4v) is 1.99. The minimum atomic E-state index is -0.564. The standard InChI is InChI=1S/C12H13IN2O5/c1-2-20-11(16)5-6-14-12(17)9-7-8(15(18)19)3-4-10(9)13/h3-4,7H,2,5-6H2,1H3,(H,14,17). The third-order valence-corrected chi connectivity index (χ3v) is 3.27. The minimum absolute atomic E-state index is 0.0606. The Morgan fingerprint density at radius 3 is 2.75 bits per heavy atom. The van der Waals surface area contributed by atoms with Gasteiger partial charge in [0.05, 0.1) is 23.5 Å². The van der Waals surface area contributed by atoms with E-state index in [0.717, 1.165) is 0 Å². The van der Waals surface area contributed by atoms with Crippen molar-refractivity contribution in [1.29, 1.82) is 0 Å². The Labute approximate surface area is 129 Å². The summed E-state index contributed by atoms with van der Waals surface area (Å²) in [5.41, 5.74) is 0.0598. The van der Waals surface area contributed by atoms with Gasteiger partial charge in [0.15, 0.2) is 0 Å². The van der Waals surface area contributed by atoms with Gasteiger partial charge in [0, 0.05) is 22.2 Å². The Bertz CT molecular complexity index is 533. The van der Waals surface area contributed by atoms with Crippen molar-refractivity contribution in [1.82, 2.24) is 5.32 Å². The molecule has 0 saturated carbocycles. The molecule has 1 rings (SSSR count). The van der Waals surface area contributed by atoms with E-state index < -0.39 is 16.8 Å². The number of esters is 1. The maximum atomic E-state index is 11.9. The number of halogens is 1. The third kappa shape index (κ3) is 4.76. The van der Waals surface area contributed by atoms with Gasteiger partial charge in [0.25, 0.3) is 11.6 Å². The largest absolute Gasteiger partial charge is 0.466 e. The lowest BCUT2D eigenvalue weighted by Crippen LogP contribution is -2.27. The van der Waals surface area contributed by atoms with Crippen LogP contribution in [0, 0.1) is 13.7 Å². The lowest BCUT2D eigenvalue weighted by Gasteiger charge is -2.06. The molecule has 0 saturated heterocycles. The van der Waals surface area contributed by atoms with E-state index >= 15 is 0 Å². The molecule has 1 aromatic carbocycles. The highest BCUT2D eigenvalue weighted by atomic mass is 127. The van der Waals surface area contributed by atoms with E-state index in [2.05, 4.69) is 5.32 Å². The highest BCUT2D eigenvalue weighted by Crippen LogP contribution is 2.19. The molecule has 0 fully saturated rings. The van der Waals surface area contributed by atoms with Gasteiger partial charge in [-0.2, -0.15) is 0 Å². The van der Waals surface area contributed by atoms with Crippen molar-refractivity contribution >= 4 is 40.2 Å². The van der Waals surface area contributed by atoms with Crippen molar-refractivity contribution in [2.75, 3.05) is 13.2 Å². The predicted octanol–water partition coefficient (Wildman–Crippen LogP) is 1.88. The van der Waals surface area contributed by atoms with Crippen LogP contribution in [-0.2, 0) is 9.53 Å². The molecule has 1 amide bonds. The molecule has 8 heteroatoms. The van der Waals surface area contributed by atoms with Crippen molar-refractivity contribution < 1.29 is 19.2 Å². The van der Waals surface area contributed by atoms with E-state index in [-0.39, 0.29) is 30.8 Å². The minimum Gasteiger partial charge on any atom is -0.466 e. The molecular formula is C12H13IN2O5. The number of hydrogen-bond donors (Lipinski definition) is 1. The quantitative estimate of drug-likeness (QED) is 0.345. The predicted molar refractivity (Wildman–Crippen MR) is 79.4 cm³/mol. The maximum Gasteiger partial charge on any atom is 0.307 e. The van der Waals surface area contributed by atoms with Crippen LogP contribution < -0.4 is 5.32 Å². The fourth-order valence-electron chi connectivity index (χ4n) is 1.41. The summed E-state index contributed by atoms with van der Waals surface area (Å²) >= 11 is 1.92. The second kappa shape index (κ2) is 7.78. The second-order valence-corrected chi connectivity index (χ2v) is 4.89. The lowest BCUT2D eigenvalue weighted by atomic mass is 10.2. The first-order valence-electron chi connectivity index (χ1n) is 5.83. The summed E-state index contributed by atoms with van der Waals surface area (Å²) in [5, 5.41) is 13.2. The van der Waals surface area contributed by atoms with Gasteiger partial charge >= 0.3 is 5.97 Å². The number of ether oxygens (including phenoxy) is 1. The van der Waals surface area contributed by atoms with Crippen LogP contribution in [0.3, 0.4) is 0 Å². The van der Waals surface area contributed by atoms with Crippen LogP contribution in [0.4, 0.5) is 5.69 Å². The molecular weight excluding hydrogens is 379 g/mol. The summed E-state index contributed by atoms with van der Waals surface area (Å²) in [7, 11) is 0. The highest BCUT2D eigenvalue weighted by molar-refractivity contribution is 14.1. The maximum absolute atomic E-state index is 11.9. The number of carbonyl (C=O) groups excluding carboxylic acids is 2. The Balaban J connectivity index is 2.65. The Morgan fingerprint density at radius 2 is 2.15 bits per heavy atom. The van der Waals surface area contributed by atoms with Crippen molar-refractivity contribution in [3.63, 3.8) is 0 Å². The van der Waals surface area contributed by atoms with Gasteiger partial charge < -0.3 is 10.1 Å². The monoisotopic (exact) mass is 392 g/mol. The van der Waals surface area contributed by atoms with Gasteiger partial charge in [-0.1, -0.05) is 0 Å². The highest BCUT2D eigenvalue weighted by Gasteiger charge is 2.15. The Morgan fingerprint density at radius 1 is 1.45 bits per heavy atom. The Hall–Kier alpha value is -1.71. The molecule has 0 heterocycles. The van der Waals surface area contributed by atoms with Gasteiger partial charge in [0.1, 0.15) is 0 Å². The molecule has 7 nitrogen and oxygen atoms in total. The number of hydrogen-bond acceptors (Lipinski definition) is 5. The van der Waals surface area contributed by atoms with E-state index in [9.17, 15) is 19.7 Å². The van der Waals surface area contributed by atoms with E-state index in [1.807, 2.05) is 22.6 Å². The molecule has 1 aromatic rings. The van der Waals surface area contributed by atoms with Crippen LogP contribution in [0.1, 0.15) is 23.7 Å². The first-order valence-corrected chi connectivity index (χ1v) is 6.91. The molecule has 1 N–H and O–H groups in total. The fraction of sp³-hybridized carbons (Fsp3) is 0.333. The van der Waals surface area contributed by atoms with Crippen LogP contribution in [0.15, 0.2) is 18.2 Å². The van der Waals surface area contributed by atoms with Gasteiger partial charge in [0.2, 0.25) is 0 Å². The number of nitrogens with zero attached hydrogens (tertiary/aromatic N) is 1. The zero-order chi connectivity index (χ0) is 15.1. The molecule has 0 spiro atoms. The van der Waals surface area contributed by atoms with Gasteiger partial charge in [-0.05, 0) is 35.6 Å². The van der Waals surface area contributed by atoms with Crippen molar-refractivity contribution in [2.45, 2.75) is 13.3 Å². The normalized spacial score (nSPS) is 9.90. The smallest absolute Gasteiger partial charge is 0.307 e. The van der Waals surface area contributed by atoms with Crippen LogP contribution in [-0.4, -0.2) is 30.0 Å². The van der Waals surface area contributed by atoms with Crippen LogP contribution in [0.5, 0.6) is 0 Å². The molecule has 0 atom stereocenters. The molecule has 0 aliphatic rings. The Kier molecular flexibility index (Phi) is 6.36. The van der Waals surface area contributed by atoms with E-state index in [4.69, 9.17) is 4.74 Å². The number of rotatable bonds is 6. The lowest BCUT2D eigenvalue weighted by molar-refractivity contribution is -0.384. The molecule has 0 radical (unpaired) electrons. The van der Waals surface area contributed by atoms with Crippen LogP contribution >= 0.6 is 22.6 Å². The van der Waals surface area contributed by atoms with Crippen molar-refractivity contribution in [3.05, 3.63) is 37.4 Å². The molecule has 0 unspecified atom stereocenters. The first kappa shape index (κ1) is 16.3. The van der Waals surface area contributed by atoms with Crippen molar-refractivity contribution in [2.24, 2.45) is 0 Å². The zero-order valence-corrected chi connectivity index (χ0v) is 12.9. The summed E-state index contributed by atoms with van der Waals surface area (Å²) < 4.78 is 5.32. The molecule has 108 valence electrons. The summed E-state index contributed by atoms with van der Waals surface area (Å²) in [6, 6.07) is 4.04. The number of nitro benzene ring substituents is 1. The van der Waals surface area contributed by atoms with Crippen LogP contribution in [0.2, 0.25) is 0 Å². The molecule has 0 bridgehead atoms. The average molecular weight is 392 g/mol. The zero-order valence-electron chi connectivity index (χ0n) is 10.7. The van der Waals surface area contributed by atoms with Crippen LogP contribution in [0.25, 0.3) is 0 Å². The first-order chi connectivity index (χ1) is 9.45. The van der Waals surface area contributed by atoms with E-state index in [1.54, 1.807) is 6.92 Å². The summed E-state index contributed by atoms with van der Waals surface area (Å²) in [4.78, 5) is 33.1. The SMILES string of the molecule is CCOC(=O)CCNC(=O)c1cc([N+](=O)[O-])ccc1I.